The lowest BCUT2D eigenvalue weighted by atomic mass is 10.0. The molecule has 1 aromatic carbocycles. The zero-order chi connectivity index (χ0) is 15.2. The topological polar surface area (TPSA) is 58.4 Å². The molecule has 0 saturated carbocycles. The van der Waals surface area contributed by atoms with Crippen LogP contribution in [0, 0.1) is 0 Å². The highest BCUT2D eigenvalue weighted by atomic mass is 16.1. The van der Waals surface area contributed by atoms with Crippen LogP contribution in [0.25, 0.3) is 0 Å². The monoisotopic (exact) mass is 289 g/mol. The molecule has 3 N–H and O–H groups in total. The summed E-state index contributed by atoms with van der Waals surface area (Å²) in [4.78, 5) is 14.0. The van der Waals surface area contributed by atoms with Crippen LogP contribution in [0.4, 0.5) is 0 Å². The molecule has 0 spiro atoms. The SMILES string of the molecule is CC(C)N(Cc1ccccc1C(N)=O)CC1CCCCN1. The normalized spacial score (nSPS) is 19.1. The second-order valence-electron chi connectivity index (χ2n) is 6.19. The molecule has 1 aliphatic heterocycles. The van der Waals surface area contributed by atoms with Crippen molar-refractivity contribution in [2.24, 2.45) is 5.73 Å². The fourth-order valence-electron chi connectivity index (χ4n) is 2.94. The van der Waals surface area contributed by atoms with Crippen molar-refractivity contribution in [2.45, 2.75) is 51.7 Å². The maximum atomic E-state index is 11.6. The van der Waals surface area contributed by atoms with Gasteiger partial charge in [0.05, 0.1) is 0 Å². The maximum Gasteiger partial charge on any atom is 0.249 e. The van der Waals surface area contributed by atoms with Crippen molar-refractivity contribution in [2.75, 3.05) is 13.1 Å². The number of nitrogens with one attached hydrogen (secondary N) is 1. The predicted octanol–water partition coefficient (Wildman–Crippen LogP) is 2.14. The van der Waals surface area contributed by atoms with Gasteiger partial charge in [0, 0.05) is 30.7 Å². The summed E-state index contributed by atoms with van der Waals surface area (Å²) in [6.07, 6.45) is 3.82. The molecule has 1 fully saturated rings. The standard InChI is InChI=1S/C17H27N3O/c1-13(2)20(12-15-8-5-6-10-19-15)11-14-7-3-4-9-16(14)17(18)21/h3-4,7,9,13,15,19H,5-6,8,10-12H2,1-2H3,(H2,18,21). The lowest BCUT2D eigenvalue weighted by Gasteiger charge is -2.33. The number of amides is 1. The van der Waals surface area contributed by atoms with E-state index in [1.807, 2.05) is 24.3 Å². The molecule has 4 nitrogen and oxygen atoms in total. The quantitative estimate of drug-likeness (QED) is 0.843. The Morgan fingerprint density at radius 1 is 1.38 bits per heavy atom. The smallest absolute Gasteiger partial charge is 0.249 e. The fourth-order valence-corrected chi connectivity index (χ4v) is 2.94. The largest absolute Gasteiger partial charge is 0.366 e. The maximum absolute atomic E-state index is 11.6. The molecule has 0 bridgehead atoms. The molecule has 1 unspecified atom stereocenters. The van der Waals surface area contributed by atoms with Crippen LogP contribution < -0.4 is 11.1 Å². The van der Waals surface area contributed by atoms with Gasteiger partial charge >= 0.3 is 0 Å². The number of nitrogens with two attached hydrogens (primary N) is 1. The molecule has 1 heterocycles. The predicted molar refractivity (Wildman–Crippen MR) is 86.1 cm³/mol. The Labute approximate surface area is 127 Å². The number of carbonyl (C=O) groups is 1. The number of rotatable bonds is 6. The molecule has 1 saturated heterocycles. The van der Waals surface area contributed by atoms with Gasteiger partial charge in [-0.15, -0.1) is 0 Å². The second-order valence-corrected chi connectivity index (χ2v) is 6.19. The summed E-state index contributed by atoms with van der Waals surface area (Å²) >= 11 is 0. The summed E-state index contributed by atoms with van der Waals surface area (Å²) in [6.45, 7) is 7.32. The number of benzene rings is 1. The first-order valence-corrected chi connectivity index (χ1v) is 7.93. The van der Waals surface area contributed by atoms with Gasteiger partial charge in [-0.2, -0.15) is 0 Å². The number of hydrogen-bond acceptors (Lipinski definition) is 3. The average Bonchev–Trinajstić information content (AvgIpc) is 2.48. The van der Waals surface area contributed by atoms with Crippen LogP contribution in [0.1, 0.15) is 49.0 Å². The molecule has 2 rings (SSSR count). The van der Waals surface area contributed by atoms with E-state index in [9.17, 15) is 4.79 Å². The Morgan fingerprint density at radius 2 is 2.14 bits per heavy atom. The van der Waals surface area contributed by atoms with Crippen molar-refractivity contribution in [3.05, 3.63) is 35.4 Å². The molecule has 1 amide bonds. The molecule has 4 heteroatoms. The van der Waals surface area contributed by atoms with E-state index in [2.05, 4.69) is 24.1 Å². The van der Waals surface area contributed by atoms with Crippen molar-refractivity contribution in [1.82, 2.24) is 10.2 Å². The number of primary amides is 1. The number of piperidine rings is 1. The van der Waals surface area contributed by atoms with E-state index in [0.29, 0.717) is 17.6 Å². The number of carbonyl (C=O) groups excluding carboxylic acids is 1. The summed E-state index contributed by atoms with van der Waals surface area (Å²) in [6, 6.07) is 8.65. The van der Waals surface area contributed by atoms with Crippen molar-refractivity contribution in [3.8, 4) is 0 Å². The van der Waals surface area contributed by atoms with E-state index < -0.39 is 0 Å². The lowest BCUT2D eigenvalue weighted by molar-refractivity contribution is 0.0997. The van der Waals surface area contributed by atoms with E-state index in [4.69, 9.17) is 5.73 Å². The molecular weight excluding hydrogens is 262 g/mol. The number of hydrogen-bond donors (Lipinski definition) is 2. The van der Waals surface area contributed by atoms with Crippen molar-refractivity contribution >= 4 is 5.91 Å². The zero-order valence-electron chi connectivity index (χ0n) is 13.1. The minimum atomic E-state index is -0.343. The second kappa shape index (κ2) is 7.57. The molecule has 21 heavy (non-hydrogen) atoms. The van der Waals surface area contributed by atoms with Gasteiger partial charge in [-0.05, 0) is 44.9 Å². The van der Waals surface area contributed by atoms with Crippen LogP contribution in [0.2, 0.25) is 0 Å². The van der Waals surface area contributed by atoms with Gasteiger partial charge in [0.2, 0.25) is 5.91 Å². The molecule has 0 radical (unpaired) electrons. The van der Waals surface area contributed by atoms with Crippen molar-refractivity contribution in [3.63, 3.8) is 0 Å². The van der Waals surface area contributed by atoms with E-state index in [0.717, 1.165) is 25.2 Å². The lowest BCUT2D eigenvalue weighted by Crippen LogP contribution is -2.45. The fraction of sp³-hybridized carbons (Fsp3) is 0.588. The third-order valence-corrected chi connectivity index (χ3v) is 4.25. The van der Waals surface area contributed by atoms with Gasteiger partial charge in [-0.1, -0.05) is 24.6 Å². The van der Waals surface area contributed by atoms with Crippen LogP contribution in [0.5, 0.6) is 0 Å². The van der Waals surface area contributed by atoms with E-state index in [1.54, 1.807) is 0 Å². The van der Waals surface area contributed by atoms with Gasteiger partial charge in [0.15, 0.2) is 0 Å². The van der Waals surface area contributed by atoms with Crippen LogP contribution >= 0.6 is 0 Å². The van der Waals surface area contributed by atoms with Gasteiger partial charge in [0.1, 0.15) is 0 Å². The Bertz CT molecular complexity index is 467. The average molecular weight is 289 g/mol. The van der Waals surface area contributed by atoms with Crippen LogP contribution in [0.3, 0.4) is 0 Å². The molecule has 1 aliphatic rings. The molecule has 0 aromatic heterocycles. The van der Waals surface area contributed by atoms with Crippen LogP contribution in [0.15, 0.2) is 24.3 Å². The Balaban J connectivity index is 2.07. The van der Waals surface area contributed by atoms with E-state index in [1.165, 1.54) is 19.3 Å². The molecule has 116 valence electrons. The minimum Gasteiger partial charge on any atom is -0.366 e. The Kier molecular flexibility index (Phi) is 5.76. The van der Waals surface area contributed by atoms with Crippen LogP contribution in [-0.2, 0) is 6.54 Å². The third-order valence-electron chi connectivity index (χ3n) is 4.25. The van der Waals surface area contributed by atoms with Gasteiger partial charge < -0.3 is 11.1 Å². The molecular formula is C17H27N3O. The highest BCUT2D eigenvalue weighted by molar-refractivity contribution is 5.94. The van der Waals surface area contributed by atoms with Crippen LogP contribution in [-0.4, -0.2) is 36.0 Å². The Hall–Kier alpha value is -1.39. The summed E-state index contributed by atoms with van der Waals surface area (Å²) in [5.74, 6) is -0.343. The molecule has 0 aliphatic carbocycles. The first-order chi connectivity index (χ1) is 10.1. The Morgan fingerprint density at radius 3 is 2.76 bits per heavy atom. The number of nitrogens with zero attached hydrogens (tertiary/aromatic N) is 1. The van der Waals surface area contributed by atoms with Gasteiger partial charge in [-0.25, -0.2) is 0 Å². The molecule has 1 atom stereocenters. The summed E-state index contributed by atoms with van der Waals surface area (Å²) < 4.78 is 0. The first-order valence-electron chi connectivity index (χ1n) is 7.93. The summed E-state index contributed by atoms with van der Waals surface area (Å²) in [5, 5.41) is 3.59. The van der Waals surface area contributed by atoms with Crippen molar-refractivity contribution in [1.29, 1.82) is 0 Å². The van der Waals surface area contributed by atoms with Gasteiger partial charge in [0.25, 0.3) is 0 Å². The van der Waals surface area contributed by atoms with E-state index in [-0.39, 0.29) is 5.91 Å². The first kappa shape index (κ1) is 16.0. The zero-order valence-corrected chi connectivity index (χ0v) is 13.1. The van der Waals surface area contributed by atoms with Crippen molar-refractivity contribution < 1.29 is 4.79 Å². The highest BCUT2D eigenvalue weighted by Crippen LogP contribution is 2.16. The van der Waals surface area contributed by atoms with Gasteiger partial charge in [-0.3, -0.25) is 9.69 Å². The van der Waals surface area contributed by atoms with E-state index >= 15 is 0 Å². The molecule has 1 aromatic rings. The third kappa shape index (κ3) is 4.55. The minimum absolute atomic E-state index is 0.343. The summed E-state index contributed by atoms with van der Waals surface area (Å²) in [5.41, 5.74) is 7.14. The highest BCUT2D eigenvalue weighted by Gasteiger charge is 2.20. The summed E-state index contributed by atoms with van der Waals surface area (Å²) in [7, 11) is 0.